The van der Waals surface area contributed by atoms with Crippen molar-refractivity contribution in [3.63, 3.8) is 0 Å². The van der Waals surface area contributed by atoms with Crippen molar-refractivity contribution in [2.45, 2.75) is 6.92 Å². The molecule has 3 aromatic carbocycles. The zero-order valence-electron chi connectivity index (χ0n) is 21.0. The Labute approximate surface area is 245 Å². The molecule has 3 rings (SSSR count). The number of benzene rings is 3. The molecule has 7 nitrogen and oxygen atoms in total. The van der Waals surface area contributed by atoms with Crippen LogP contribution in [0.5, 0.6) is 5.75 Å². The minimum atomic E-state index is -0.433. The normalized spacial score (nSPS) is 10.8. The van der Waals surface area contributed by atoms with Crippen LogP contribution in [-0.4, -0.2) is 59.3 Å². The van der Waals surface area contributed by atoms with Crippen molar-refractivity contribution in [1.82, 2.24) is 0 Å². The SMILES string of the molecule is CCOC(=O)c1cc(N(c2ccc(I)cc2)c2ccc(I)cc2)ccc1OCCOCCOCCOC. The molecule has 0 aliphatic rings. The van der Waals surface area contributed by atoms with Crippen LogP contribution in [0.15, 0.2) is 66.7 Å². The molecule has 37 heavy (non-hydrogen) atoms. The molecule has 0 saturated heterocycles. The van der Waals surface area contributed by atoms with Gasteiger partial charge in [-0.2, -0.15) is 0 Å². The maximum absolute atomic E-state index is 12.9. The number of carbonyl (C=O) groups is 1. The molecule has 0 bridgehead atoms. The van der Waals surface area contributed by atoms with E-state index in [2.05, 4.69) is 98.6 Å². The summed E-state index contributed by atoms with van der Waals surface area (Å²) < 4.78 is 29.4. The fourth-order valence-electron chi connectivity index (χ4n) is 3.45. The number of anilines is 3. The third-order valence-corrected chi connectivity index (χ3v) is 6.61. The Morgan fingerprint density at radius 2 is 1.24 bits per heavy atom. The Hall–Kier alpha value is -1.93. The number of hydrogen-bond donors (Lipinski definition) is 0. The number of hydrogen-bond acceptors (Lipinski definition) is 7. The summed E-state index contributed by atoms with van der Waals surface area (Å²) in [6.07, 6.45) is 0. The molecule has 0 aromatic heterocycles. The molecule has 0 aliphatic heterocycles. The minimum absolute atomic E-state index is 0.270. The maximum atomic E-state index is 12.9. The predicted octanol–water partition coefficient (Wildman–Crippen LogP) is 6.60. The van der Waals surface area contributed by atoms with E-state index in [4.69, 9.17) is 23.7 Å². The van der Waals surface area contributed by atoms with Gasteiger partial charge in [-0.15, -0.1) is 0 Å². The number of methoxy groups -OCH3 is 1. The lowest BCUT2D eigenvalue weighted by atomic mass is 10.1. The summed E-state index contributed by atoms with van der Waals surface area (Å²) in [6.45, 7) is 4.75. The Bertz CT molecular complexity index is 1060. The van der Waals surface area contributed by atoms with Gasteiger partial charge in [0.05, 0.1) is 39.6 Å². The molecule has 0 radical (unpaired) electrons. The average molecular weight is 731 g/mol. The molecular formula is C28H31I2NO6. The smallest absolute Gasteiger partial charge is 0.341 e. The van der Waals surface area contributed by atoms with Gasteiger partial charge in [-0.3, -0.25) is 0 Å². The number of esters is 1. The van der Waals surface area contributed by atoms with E-state index in [0.717, 1.165) is 24.2 Å². The topological polar surface area (TPSA) is 66.5 Å². The Kier molecular flexibility index (Phi) is 12.9. The van der Waals surface area contributed by atoms with Crippen LogP contribution >= 0.6 is 45.2 Å². The highest BCUT2D eigenvalue weighted by molar-refractivity contribution is 14.1. The Morgan fingerprint density at radius 3 is 1.78 bits per heavy atom. The number of carbonyl (C=O) groups excluding carboxylic acids is 1. The van der Waals surface area contributed by atoms with Gasteiger partial charge in [0, 0.05) is 31.3 Å². The molecule has 0 amide bonds. The van der Waals surface area contributed by atoms with Gasteiger partial charge in [0.2, 0.25) is 0 Å². The monoisotopic (exact) mass is 731 g/mol. The van der Waals surface area contributed by atoms with E-state index in [0.29, 0.717) is 51.0 Å². The molecule has 0 saturated carbocycles. The highest BCUT2D eigenvalue weighted by atomic mass is 127. The van der Waals surface area contributed by atoms with Gasteiger partial charge in [-0.25, -0.2) is 4.79 Å². The van der Waals surface area contributed by atoms with Crippen molar-refractivity contribution < 1.29 is 28.5 Å². The second kappa shape index (κ2) is 16.1. The molecule has 0 spiro atoms. The van der Waals surface area contributed by atoms with Gasteiger partial charge in [-0.05, 0) is 119 Å². The van der Waals surface area contributed by atoms with Crippen LogP contribution in [0.25, 0.3) is 0 Å². The average Bonchev–Trinajstić information content (AvgIpc) is 2.90. The lowest BCUT2D eigenvalue weighted by Gasteiger charge is -2.26. The van der Waals surface area contributed by atoms with Crippen LogP contribution < -0.4 is 9.64 Å². The summed E-state index contributed by atoms with van der Waals surface area (Å²) >= 11 is 4.58. The van der Waals surface area contributed by atoms with Crippen molar-refractivity contribution in [2.75, 3.05) is 58.3 Å². The van der Waals surface area contributed by atoms with E-state index in [1.165, 1.54) is 0 Å². The number of ether oxygens (including phenoxy) is 5. The first kappa shape index (κ1) is 29.6. The van der Waals surface area contributed by atoms with Crippen molar-refractivity contribution in [3.8, 4) is 5.75 Å². The third kappa shape index (κ3) is 9.40. The van der Waals surface area contributed by atoms with E-state index in [1.807, 2.05) is 18.2 Å². The van der Waals surface area contributed by atoms with Crippen LogP contribution in [0.4, 0.5) is 17.1 Å². The van der Waals surface area contributed by atoms with E-state index in [-0.39, 0.29) is 6.61 Å². The van der Waals surface area contributed by atoms with Gasteiger partial charge in [0.1, 0.15) is 17.9 Å². The molecular weight excluding hydrogens is 700 g/mol. The number of halogens is 2. The number of nitrogens with zero attached hydrogens (tertiary/aromatic N) is 1. The van der Waals surface area contributed by atoms with Crippen LogP contribution in [0.2, 0.25) is 0 Å². The van der Waals surface area contributed by atoms with E-state index < -0.39 is 5.97 Å². The summed E-state index contributed by atoms with van der Waals surface area (Å²) in [5, 5.41) is 0. The summed E-state index contributed by atoms with van der Waals surface area (Å²) in [6, 6.07) is 22.0. The fraction of sp³-hybridized carbons (Fsp3) is 0.321. The summed E-state index contributed by atoms with van der Waals surface area (Å²) in [5.74, 6) is 0.0179. The van der Waals surface area contributed by atoms with Crippen LogP contribution in [0, 0.1) is 7.14 Å². The first-order valence-electron chi connectivity index (χ1n) is 11.9. The highest BCUT2D eigenvalue weighted by Gasteiger charge is 2.19. The lowest BCUT2D eigenvalue weighted by molar-refractivity contribution is 0.0178. The standard InChI is InChI=1S/C28H31I2NO6/c1-3-36-28(32)26-20-25(12-13-27(26)37-19-18-35-17-16-34-15-14-33-2)31(23-8-4-21(29)5-9-23)24-10-6-22(30)7-11-24/h4-13,20H,3,14-19H2,1-2H3. The van der Waals surface area contributed by atoms with Gasteiger partial charge in [0.25, 0.3) is 0 Å². The molecule has 0 aliphatic carbocycles. The van der Waals surface area contributed by atoms with E-state index in [1.54, 1.807) is 14.0 Å². The van der Waals surface area contributed by atoms with Crippen molar-refractivity contribution in [2.24, 2.45) is 0 Å². The van der Waals surface area contributed by atoms with Crippen LogP contribution in [0.3, 0.4) is 0 Å². The molecule has 0 atom stereocenters. The molecule has 0 N–H and O–H groups in total. The quantitative estimate of drug-likeness (QED) is 0.0993. The molecule has 198 valence electrons. The fourth-order valence-corrected chi connectivity index (χ4v) is 4.17. The van der Waals surface area contributed by atoms with Gasteiger partial charge >= 0.3 is 5.97 Å². The molecule has 0 heterocycles. The Balaban J connectivity index is 1.79. The van der Waals surface area contributed by atoms with Crippen LogP contribution in [0.1, 0.15) is 17.3 Å². The second-order valence-corrected chi connectivity index (χ2v) is 10.2. The summed E-state index contributed by atoms with van der Waals surface area (Å²) in [4.78, 5) is 15.0. The summed E-state index contributed by atoms with van der Waals surface area (Å²) in [5.41, 5.74) is 3.14. The zero-order valence-corrected chi connectivity index (χ0v) is 25.3. The van der Waals surface area contributed by atoms with E-state index >= 15 is 0 Å². The molecule has 0 fully saturated rings. The molecule has 0 unspecified atom stereocenters. The minimum Gasteiger partial charge on any atom is -0.490 e. The van der Waals surface area contributed by atoms with Gasteiger partial charge in [0.15, 0.2) is 0 Å². The van der Waals surface area contributed by atoms with Crippen molar-refractivity contribution >= 4 is 68.2 Å². The van der Waals surface area contributed by atoms with Crippen molar-refractivity contribution in [3.05, 3.63) is 79.4 Å². The van der Waals surface area contributed by atoms with E-state index in [9.17, 15) is 4.79 Å². The lowest BCUT2D eigenvalue weighted by Crippen LogP contribution is -2.15. The predicted molar refractivity (Wildman–Crippen MR) is 162 cm³/mol. The van der Waals surface area contributed by atoms with Crippen LogP contribution in [-0.2, 0) is 18.9 Å². The zero-order chi connectivity index (χ0) is 26.5. The van der Waals surface area contributed by atoms with Gasteiger partial charge < -0.3 is 28.6 Å². The Morgan fingerprint density at radius 1 is 0.730 bits per heavy atom. The molecule has 3 aromatic rings. The highest BCUT2D eigenvalue weighted by Crippen LogP contribution is 2.37. The largest absolute Gasteiger partial charge is 0.490 e. The van der Waals surface area contributed by atoms with Crippen molar-refractivity contribution in [1.29, 1.82) is 0 Å². The summed E-state index contributed by atoms with van der Waals surface area (Å²) in [7, 11) is 1.64. The first-order chi connectivity index (χ1) is 18.0. The molecule has 9 heteroatoms. The third-order valence-electron chi connectivity index (χ3n) is 5.18. The second-order valence-electron chi connectivity index (χ2n) is 7.76. The number of rotatable bonds is 15. The van der Waals surface area contributed by atoms with Gasteiger partial charge in [-0.1, -0.05) is 0 Å². The maximum Gasteiger partial charge on any atom is 0.341 e. The first-order valence-corrected chi connectivity index (χ1v) is 14.1.